The van der Waals surface area contributed by atoms with Gasteiger partial charge >= 0.3 is 5.97 Å². The zero-order chi connectivity index (χ0) is 64.0. The van der Waals surface area contributed by atoms with E-state index in [1.807, 2.05) is 13.8 Å². The third kappa shape index (κ3) is 18.3. The lowest BCUT2D eigenvalue weighted by Crippen LogP contribution is -2.63. The van der Waals surface area contributed by atoms with Gasteiger partial charge in [0.05, 0.1) is 20.1 Å². The van der Waals surface area contributed by atoms with Crippen molar-refractivity contribution in [2.24, 2.45) is 29.6 Å². The first-order valence-corrected chi connectivity index (χ1v) is 29.7. The average Bonchev–Trinajstić information content (AvgIpc) is 3.43. The summed E-state index contributed by atoms with van der Waals surface area (Å²) in [6.45, 7) is 23.4. The Hall–Kier alpha value is -6.81. The van der Waals surface area contributed by atoms with E-state index in [0.717, 1.165) is 4.90 Å². The summed E-state index contributed by atoms with van der Waals surface area (Å²) >= 11 is 0. The van der Waals surface area contributed by atoms with Crippen LogP contribution in [0.2, 0.25) is 0 Å². The van der Waals surface area contributed by atoms with Crippen molar-refractivity contribution in [3.63, 3.8) is 0 Å². The summed E-state index contributed by atoms with van der Waals surface area (Å²) in [6, 6.07) is -4.46. The first kappa shape index (κ1) is 71.5. The third-order valence-corrected chi connectivity index (χ3v) is 16.3. The Morgan fingerprint density at radius 2 is 1.12 bits per heavy atom. The summed E-state index contributed by atoms with van der Waals surface area (Å²) in [5.74, 6) is -9.85. The number of carbonyl (C=O) groups is 11. The number of hydrogen-bond donors (Lipinski definition) is 4. The fourth-order valence-electron chi connectivity index (χ4n) is 11.1. The van der Waals surface area contributed by atoms with Crippen molar-refractivity contribution in [2.75, 3.05) is 55.4 Å². The van der Waals surface area contributed by atoms with Gasteiger partial charge in [0, 0.05) is 48.2 Å². The molecule has 0 aromatic heterocycles. The minimum Gasteiger partial charge on any atom is -0.497 e. The second kappa shape index (κ2) is 31.4. The fraction of sp³-hybridized carbons (Fsp3) is 0.721. The van der Waals surface area contributed by atoms with E-state index in [-0.39, 0.29) is 19.4 Å². The molecule has 3 rings (SSSR count). The number of amides is 10. The molecule has 1 aromatic carbocycles. The van der Waals surface area contributed by atoms with Crippen molar-refractivity contribution < 1.29 is 62.2 Å². The molecule has 11 atom stereocenters. The molecule has 472 valence electrons. The van der Waals surface area contributed by atoms with E-state index < -0.39 is 168 Å². The molecule has 2 heterocycles. The number of likely N-dealkylation sites (N-methyl/N-ethyl adjacent to an activating group) is 5. The van der Waals surface area contributed by atoms with Crippen molar-refractivity contribution in [2.45, 2.75) is 202 Å². The summed E-state index contributed by atoms with van der Waals surface area (Å²) in [5.41, 5.74) is -0.371. The van der Waals surface area contributed by atoms with Crippen LogP contribution in [0.4, 0.5) is 0 Å². The standard InChI is InChI=1S/C61H100N10O13/c1-21-37(9)50-53(75)62-33-45(72)67(16)48(35(5)6)54(76)64-42(31-40-26-28-41(83-20)29-27-40)52(74)63-39(11)56(78)71-30-24-23-25-43(71)57(79)68(17)49(36(7)8)55(77)65-47(34(3)4)59(81)66(15)44(32-46(73)84-61(12,13)14)58(80)70(19)51(38(10)22-2)60(82)69(50)18/h26-29,34-39,42-44,47-51H,21-25,30-33H2,1-20H3,(H,62,75)(H,63,74)(H,64,76)(H,65,77)/t37-,38-,39-,42-,43-,44-,47-,48-,49-,50-,51-/m0/s1. The van der Waals surface area contributed by atoms with Gasteiger partial charge in [-0.25, -0.2) is 0 Å². The maximum absolute atomic E-state index is 15.2. The average molecular weight is 1180 g/mol. The molecule has 0 unspecified atom stereocenters. The lowest BCUT2D eigenvalue weighted by Gasteiger charge is -2.41. The van der Waals surface area contributed by atoms with Gasteiger partial charge in [-0.2, -0.15) is 0 Å². The van der Waals surface area contributed by atoms with Crippen LogP contribution in [0.5, 0.6) is 5.75 Å². The maximum Gasteiger partial charge on any atom is 0.308 e. The van der Waals surface area contributed by atoms with Gasteiger partial charge in [-0.05, 0) is 94.2 Å². The number of nitrogens with one attached hydrogen (secondary N) is 4. The van der Waals surface area contributed by atoms with Crippen LogP contribution in [-0.2, 0) is 63.9 Å². The number of fused-ring (bicyclic) bond motifs is 1. The molecule has 10 amide bonds. The van der Waals surface area contributed by atoms with Crippen LogP contribution in [0.1, 0.15) is 141 Å². The first-order chi connectivity index (χ1) is 39.1. The predicted molar refractivity (Wildman–Crippen MR) is 317 cm³/mol. The summed E-state index contributed by atoms with van der Waals surface area (Å²) in [7, 11) is 8.51. The van der Waals surface area contributed by atoms with Crippen molar-refractivity contribution in [1.29, 1.82) is 0 Å². The monoisotopic (exact) mass is 1180 g/mol. The van der Waals surface area contributed by atoms with Crippen molar-refractivity contribution in [1.82, 2.24) is 50.7 Å². The smallest absolute Gasteiger partial charge is 0.308 e. The van der Waals surface area contributed by atoms with E-state index in [2.05, 4.69) is 21.3 Å². The molecule has 23 nitrogen and oxygen atoms in total. The first-order valence-electron chi connectivity index (χ1n) is 29.7. The molecule has 84 heavy (non-hydrogen) atoms. The number of esters is 1. The molecule has 0 bridgehead atoms. The Morgan fingerprint density at radius 3 is 1.64 bits per heavy atom. The molecule has 23 heteroatoms. The van der Waals surface area contributed by atoms with Gasteiger partial charge in [0.2, 0.25) is 59.1 Å². The number of hydrogen-bond acceptors (Lipinski definition) is 13. The minimum absolute atomic E-state index is 0.0490. The molecule has 2 saturated heterocycles. The van der Waals surface area contributed by atoms with E-state index in [4.69, 9.17) is 9.47 Å². The third-order valence-electron chi connectivity index (χ3n) is 16.3. The van der Waals surface area contributed by atoms with Crippen molar-refractivity contribution in [3.05, 3.63) is 29.8 Å². The molecular weight excluding hydrogens is 1080 g/mol. The second-order valence-electron chi connectivity index (χ2n) is 25.0. The summed E-state index contributed by atoms with van der Waals surface area (Å²) in [6.07, 6.45) is 1.43. The minimum atomic E-state index is -1.58. The van der Waals surface area contributed by atoms with Crippen molar-refractivity contribution >= 4 is 65.0 Å². The Kier molecular flexibility index (Phi) is 26.7. The number of piperidine rings is 1. The normalized spacial score (nSPS) is 26.2. The van der Waals surface area contributed by atoms with E-state index in [1.54, 1.807) is 100 Å². The van der Waals surface area contributed by atoms with Gasteiger partial charge < -0.3 is 60.1 Å². The Labute approximate surface area is 498 Å². The van der Waals surface area contributed by atoms with E-state index >= 15 is 9.59 Å². The summed E-state index contributed by atoms with van der Waals surface area (Å²) < 4.78 is 11.0. The Balaban J connectivity index is 2.31. The molecule has 2 aliphatic rings. The van der Waals surface area contributed by atoms with Crippen LogP contribution >= 0.6 is 0 Å². The lowest BCUT2D eigenvalue weighted by atomic mass is 9.92. The van der Waals surface area contributed by atoms with Gasteiger partial charge in [-0.3, -0.25) is 52.7 Å². The fourth-order valence-corrected chi connectivity index (χ4v) is 11.1. The highest BCUT2D eigenvalue weighted by atomic mass is 16.6. The Morgan fingerprint density at radius 1 is 0.595 bits per heavy atom. The summed E-state index contributed by atoms with van der Waals surface area (Å²) in [5, 5.41) is 11.2. The molecule has 2 fully saturated rings. The quantitative estimate of drug-likeness (QED) is 0.219. The number of ether oxygens (including phenoxy) is 2. The molecule has 0 radical (unpaired) electrons. The topological polar surface area (TPSA) is 274 Å². The molecule has 1 aromatic rings. The van der Waals surface area contributed by atoms with Crippen LogP contribution < -0.4 is 26.0 Å². The Bertz CT molecular complexity index is 2500. The largest absolute Gasteiger partial charge is 0.497 e. The zero-order valence-corrected chi connectivity index (χ0v) is 53.7. The van der Waals surface area contributed by atoms with Crippen LogP contribution in [0.25, 0.3) is 0 Å². The van der Waals surface area contributed by atoms with Crippen LogP contribution in [0.15, 0.2) is 24.3 Å². The van der Waals surface area contributed by atoms with Gasteiger partial charge in [0.1, 0.15) is 65.7 Å². The molecule has 0 spiro atoms. The molecule has 0 saturated carbocycles. The zero-order valence-electron chi connectivity index (χ0n) is 53.7. The number of benzene rings is 1. The van der Waals surface area contributed by atoms with Crippen LogP contribution in [0, 0.1) is 29.6 Å². The molecule has 2 aliphatic heterocycles. The van der Waals surface area contributed by atoms with Gasteiger partial charge in [0.15, 0.2) is 0 Å². The maximum atomic E-state index is 15.2. The highest BCUT2D eigenvalue weighted by molar-refractivity contribution is 6.00. The number of nitrogens with zero attached hydrogens (tertiary/aromatic N) is 6. The lowest BCUT2D eigenvalue weighted by molar-refractivity contribution is -0.162. The van der Waals surface area contributed by atoms with E-state index in [1.165, 1.54) is 73.8 Å². The van der Waals surface area contributed by atoms with Gasteiger partial charge in [-0.15, -0.1) is 0 Å². The van der Waals surface area contributed by atoms with E-state index in [9.17, 15) is 43.2 Å². The molecule has 4 N–H and O–H groups in total. The van der Waals surface area contributed by atoms with Crippen molar-refractivity contribution in [3.8, 4) is 5.75 Å². The van der Waals surface area contributed by atoms with Gasteiger partial charge in [0.25, 0.3) is 0 Å². The molecule has 0 aliphatic carbocycles. The van der Waals surface area contributed by atoms with Crippen LogP contribution in [0.3, 0.4) is 0 Å². The highest BCUT2D eigenvalue weighted by Gasteiger charge is 2.46. The number of methoxy groups -OCH3 is 1. The SMILES string of the molecule is CC[C@H](C)[C@H]1C(=O)NCC(=O)N(C)[C@@H](C(C)C)C(=O)N[C@@H](Cc2ccc(OC)cc2)C(=O)N[C@@H](C)C(=O)N2CCCC[C@H]2C(=O)N(C)[C@@H](C(C)C)C(=O)N[C@@H](C(C)C)C(=O)N(C)[C@@H](CC(=O)OC(C)(C)C)C(=O)N(C)[C@@H]([C@@H](C)CC)C(=O)N1C. The number of carbonyl (C=O) groups excluding carboxylic acids is 11. The highest BCUT2D eigenvalue weighted by Crippen LogP contribution is 2.27. The van der Waals surface area contributed by atoms with E-state index in [0.29, 0.717) is 37.0 Å². The predicted octanol–water partition coefficient (Wildman–Crippen LogP) is 3.15. The number of rotatable bonds is 12. The second-order valence-corrected chi connectivity index (χ2v) is 25.0. The van der Waals surface area contributed by atoms with Gasteiger partial charge in [-0.1, -0.05) is 94.2 Å². The molecular formula is C61H100N10O13. The summed E-state index contributed by atoms with van der Waals surface area (Å²) in [4.78, 5) is 168. The van der Waals surface area contributed by atoms with Crippen LogP contribution in [-0.4, -0.2) is 210 Å².